The van der Waals surface area contributed by atoms with Crippen molar-refractivity contribution in [2.75, 3.05) is 7.05 Å². The second-order valence-corrected chi connectivity index (χ2v) is 5.72. The van der Waals surface area contributed by atoms with Crippen LogP contribution in [0.15, 0.2) is 22.1 Å². The van der Waals surface area contributed by atoms with Crippen LogP contribution in [0.2, 0.25) is 0 Å². The van der Waals surface area contributed by atoms with Gasteiger partial charge in [-0.1, -0.05) is 0 Å². The molecule has 0 spiro atoms. The Labute approximate surface area is 101 Å². The molecule has 0 aliphatic rings. The van der Waals surface area contributed by atoms with E-state index >= 15 is 0 Å². The highest BCUT2D eigenvalue weighted by atomic mass is 79.9. The first-order valence-electron chi connectivity index (χ1n) is 4.63. The van der Waals surface area contributed by atoms with Gasteiger partial charge >= 0.3 is 0 Å². The highest BCUT2D eigenvalue weighted by Crippen LogP contribution is 2.31. The molecule has 15 heavy (non-hydrogen) atoms. The van der Waals surface area contributed by atoms with Crippen LogP contribution in [0.1, 0.15) is 5.82 Å². The number of hydrogen-bond donors (Lipinski definition) is 1. The average Bonchev–Trinajstić information content (AvgIpc) is 2.76. The lowest BCUT2D eigenvalue weighted by Crippen LogP contribution is -2.10. The fourth-order valence-electron chi connectivity index (χ4n) is 1.45. The van der Waals surface area contributed by atoms with Crippen LogP contribution in [0.3, 0.4) is 0 Å². The van der Waals surface area contributed by atoms with E-state index in [1.54, 1.807) is 11.3 Å². The number of thiophene rings is 1. The van der Waals surface area contributed by atoms with Crippen LogP contribution in [-0.4, -0.2) is 16.6 Å². The Morgan fingerprint density at radius 2 is 2.33 bits per heavy atom. The third-order valence-electron chi connectivity index (χ3n) is 2.24. The second kappa shape index (κ2) is 4.47. The summed E-state index contributed by atoms with van der Waals surface area (Å²) in [5.74, 6) is 1.05. The van der Waals surface area contributed by atoms with Gasteiger partial charge < -0.3 is 9.88 Å². The number of rotatable bonds is 3. The maximum atomic E-state index is 4.38. The molecule has 0 aromatic carbocycles. The minimum atomic E-state index is 0.795. The number of halogens is 1. The Morgan fingerprint density at radius 3 is 2.93 bits per heavy atom. The standard InChI is InChI=1S/C10H12BrN3S/c1-12-6-10-13-5-7(14(10)2)8-3-4-9(11)15-8/h3-5,12H,6H2,1-2H3. The molecule has 0 aliphatic carbocycles. The Morgan fingerprint density at radius 1 is 1.53 bits per heavy atom. The third-order valence-corrected chi connectivity index (χ3v) is 3.89. The van der Waals surface area contributed by atoms with E-state index in [-0.39, 0.29) is 0 Å². The summed E-state index contributed by atoms with van der Waals surface area (Å²) in [5, 5.41) is 3.11. The van der Waals surface area contributed by atoms with Crippen LogP contribution in [0.5, 0.6) is 0 Å². The Kier molecular flexibility index (Phi) is 3.23. The minimum absolute atomic E-state index is 0.795. The number of nitrogens with one attached hydrogen (secondary N) is 1. The van der Waals surface area contributed by atoms with Gasteiger partial charge in [-0.2, -0.15) is 0 Å². The lowest BCUT2D eigenvalue weighted by molar-refractivity contribution is 0.712. The van der Waals surface area contributed by atoms with E-state index < -0.39 is 0 Å². The smallest absolute Gasteiger partial charge is 0.122 e. The van der Waals surface area contributed by atoms with Crippen molar-refractivity contribution in [1.82, 2.24) is 14.9 Å². The second-order valence-electron chi connectivity index (χ2n) is 3.25. The first-order valence-corrected chi connectivity index (χ1v) is 6.24. The van der Waals surface area contributed by atoms with E-state index in [2.05, 4.69) is 42.9 Å². The summed E-state index contributed by atoms with van der Waals surface area (Å²) in [6.45, 7) is 0.795. The van der Waals surface area contributed by atoms with Crippen molar-refractivity contribution in [2.24, 2.45) is 7.05 Å². The Hall–Kier alpha value is -0.650. The first-order chi connectivity index (χ1) is 7.22. The maximum Gasteiger partial charge on any atom is 0.122 e. The summed E-state index contributed by atoms with van der Waals surface area (Å²) >= 11 is 5.19. The van der Waals surface area contributed by atoms with Gasteiger partial charge in [0.25, 0.3) is 0 Å². The Balaban J connectivity index is 2.37. The zero-order chi connectivity index (χ0) is 10.8. The molecule has 0 unspecified atom stereocenters. The summed E-state index contributed by atoms with van der Waals surface area (Å²) in [6, 6.07) is 4.17. The SMILES string of the molecule is CNCc1ncc(-c2ccc(Br)s2)n1C. The number of hydrogen-bond acceptors (Lipinski definition) is 3. The fraction of sp³-hybridized carbons (Fsp3) is 0.300. The van der Waals surface area contributed by atoms with Crippen LogP contribution < -0.4 is 5.32 Å². The molecule has 0 fully saturated rings. The van der Waals surface area contributed by atoms with E-state index in [9.17, 15) is 0 Å². The summed E-state index contributed by atoms with van der Waals surface area (Å²) in [4.78, 5) is 5.62. The van der Waals surface area contributed by atoms with E-state index in [0.717, 1.165) is 21.8 Å². The minimum Gasteiger partial charge on any atom is -0.329 e. The monoisotopic (exact) mass is 285 g/mol. The van der Waals surface area contributed by atoms with Gasteiger partial charge in [-0.3, -0.25) is 0 Å². The lowest BCUT2D eigenvalue weighted by Gasteiger charge is -2.03. The summed E-state index contributed by atoms with van der Waals surface area (Å²) in [7, 11) is 3.97. The molecule has 0 aliphatic heterocycles. The molecule has 2 heterocycles. The van der Waals surface area contributed by atoms with Gasteiger partial charge in [-0.05, 0) is 35.1 Å². The quantitative estimate of drug-likeness (QED) is 0.940. The maximum absolute atomic E-state index is 4.38. The van der Waals surface area contributed by atoms with Crippen LogP contribution in [0.4, 0.5) is 0 Å². The van der Waals surface area contributed by atoms with Crippen molar-refractivity contribution >= 4 is 27.3 Å². The van der Waals surface area contributed by atoms with E-state index in [1.165, 1.54) is 4.88 Å². The van der Waals surface area contributed by atoms with Gasteiger partial charge in [-0.15, -0.1) is 11.3 Å². The molecule has 3 nitrogen and oxygen atoms in total. The molecule has 2 aromatic rings. The van der Waals surface area contributed by atoms with Crippen molar-refractivity contribution in [2.45, 2.75) is 6.54 Å². The summed E-state index contributed by atoms with van der Waals surface area (Å²) < 4.78 is 3.27. The van der Waals surface area contributed by atoms with Crippen LogP contribution in [0.25, 0.3) is 10.6 Å². The molecular formula is C10H12BrN3S. The number of imidazole rings is 1. The van der Waals surface area contributed by atoms with E-state index in [4.69, 9.17) is 0 Å². The summed E-state index contributed by atoms with van der Waals surface area (Å²) in [5.41, 5.74) is 1.16. The largest absolute Gasteiger partial charge is 0.329 e. The summed E-state index contributed by atoms with van der Waals surface area (Å²) in [6.07, 6.45) is 1.92. The molecule has 2 aromatic heterocycles. The van der Waals surface area contributed by atoms with Crippen molar-refractivity contribution in [3.63, 3.8) is 0 Å². The van der Waals surface area contributed by atoms with Crippen molar-refractivity contribution in [1.29, 1.82) is 0 Å². The van der Waals surface area contributed by atoms with Gasteiger partial charge in [0.05, 0.1) is 27.1 Å². The highest BCUT2D eigenvalue weighted by Gasteiger charge is 2.09. The van der Waals surface area contributed by atoms with E-state index in [0.29, 0.717) is 0 Å². The van der Waals surface area contributed by atoms with Gasteiger partial charge in [0.15, 0.2) is 0 Å². The predicted molar refractivity (Wildman–Crippen MR) is 67.0 cm³/mol. The van der Waals surface area contributed by atoms with Crippen LogP contribution in [-0.2, 0) is 13.6 Å². The van der Waals surface area contributed by atoms with Crippen LogP contribution >= 0.6 is 27.3 Å². The number of aromatic nitrogens is 2. The molecule has 0 bridgehead atoms. The molecular weight excluding hydrogens is 274 g/mol. The highest BCUT2D eigenvalue weighted by molar-refractivity contribution is 9.11. The van der Waals surface area contributed by atoms with Gasteiger partial charge in [0.1, 0.15) is 5.82 Å². The lowest BCUT2D eigenvalue weighted by atomic mass is 10.4. The molecule has 0 saturated carbocycles. The molecule has 0 atom stereocenters. The van der Waals surface area contributed by atoms with E-state index in [1.807, 2.05) is 20.3 Å². The predicted octanol–water partition coefficient (Wildman–Crippen LogP) is 2.63. The zero-order valence-corrected chi connectivity index (χ0v) is 11.0. The first kappa shape index (κ1) is 10.9. The average molecular weight is 286 g/mol. The molecule has 5 heteroatoms. The molecule has 0 radical (unpaired) electrons. The van der Waals surface area contributed by atoms with Crippen molar-refractivity contribution in [3.8, 4) is 10.6 Å². The number of nitrogens with zero attached hydrogens (tertiary/aromatic N) is 2. The molecule has 1 N–H and O–H groups in total. The van der Waals surface area contributed by atoms with Gasteiger partial charge in [-0.25, -0.2) is 4.98 Å². The Bertz CT molecular complexity index is 461. The third kappa shape index (κ3) is 2.14. The zero-order valence-electron chi connectivity index (χ0n) is 8.62. The molecule has 2 rings (SSSR count). The molecule has 0 saturated heterocycles. The van der Waals surface area contributed by atoms with Crippen molar-refractivity contribution < 1.29 is 0 Å². The van der Waals surface area contributed by atoms with Gasteiger partial charge in [0, 0.05) is 7.05 Å². The van der Waals surface area contributed by atoms with Crippen molar-refractivity contribution in [3.05, 3.63) is 27.9 Å². The van der Waals surface area contributed by atoms with Gasteiger partial charge in [0.2, 0.25) is 0 Å². The normalized spacial score (nSPS) is 10.9. The molecule has 80 valence electrons. The topological polar surface area (TPSA) is 29.9 Å². The fourth-order valence-corrected chi connectivity index (χ4v) is 2.88. The molecule has 0 amide bonds. The van der Waals surface area contributed by atoms with Crippen LogP contribution in [0, 0.1) is 0 Å².